The van der Waals surface area contributed by atoms with E-state index < -0.39 is 6.10 Å². The van der Waals surface area contributed by atoms with Crippen LogP contribution in [0.15, 0.2) is 42.9 Å². The van der Waals surface area contributed by atoms with Crippen molar-refractivity contribution in [2.75, 3.05) is 0 Å². The Bertz CT molecular complexity index is 551. The van der Waals surface area contributed by atoms with Crippen molar-refractivity contribution in [3.63, 3.8) is 0 Å². The van der Waals surface area contributed by atoms with Crippen molar-refractivity contribution < 1.29 is 5.11 Å². The first-order valence-electron chi connectivity index (χ1n) is 8.06. The summed E-state index contributed by atoms with van der Waals surface area (Å²) in [6.45, 7) is 6.55. The van der Waals surface area contributed by atoms with Crippen LogP contribution in [0.25, 0.3) is 0 Å². The number of rotatable bonds is 7. The second kappa shape index (κ2) is 8.04. The fourth-order valence-corrected chi connectivity index (χ4v) is 2.73. The highest BCUT2D eigenvalue weighted by atomic mass is 16.3. The van der Waals surface area contributed by atoms with Gasteiger partial charge in [0.05, 0.1) is 11.8 Å². The molecule has 0 amide bonds. The van der Waals surface area contributed by atoms with E-state index in [9.17, 15) is 5.11 Å². The molecule has 22 heavy (non-hydrogen) atoms. The quantitative estimate of drug-likeness (QED) is 0.841. The number of nitrogens with zero attached hydrogens (tertiary/aromatic N) is 2. The average Bonchev–Trinajstić information content (AvgIpc) is 2.48. The first-order chi connectivity index (χ1) is 10.5. The van der Waals surface area contributed by atoms with Crippen molar-refractivity contribution in [2.24, 2.45) is 11.8 Å². The van der Waals surface area contributed by atoms with Crippen LogP contribution in [0.2, 0.25) is 0 Å². The monoisotopic (exact) mass is 298 g/mol. The molecule has 3 nitrogen and oxygen atoms in total. The van der Waals surface area contributed by atoms with E-state index in [2.05, 4.69) is 42.9 Å². The lowest BCUT2D eigenvalue weighted by Crippen LogP contribution is -2.09. The minimum atomic E-state index is -0.500. The summed E-state index contributed by atoms with van der Waals surface area (Å²) in [6.07, 6.45) is 7.74. The van der Waals surface area contributed by atoms with Crippen LogP contribution in [0.1, 0.15) is 50.1 Å². The molecular weight excluding hydrogens is 272 g/mol. The van der Waals surface area contributed by atoms with Gasteiger partial charge in [-0.2, -0.15) is 0 Å². The molecule has 0 saturated carbocycles. The Kier molecular flexibility index (Phi) is 6.08. The zero-order chi connectivity index (χ0) is 15.9. The fourth-order valence-electron chi connectivity index (χ4n) is 2.73. The summed E-state index contributed by atoms with van der Waals surface area (Å²) in [5, 5.41) is 10.4. The zero-order valence-corrected chi connectivity index (χ0v) is 13.7. The average molecular weight is 298 g/mol. The van der Waals surface area contributed by atoms with Crippen LogP contribution in [0.4, 0.5) is 0 Å². The van der Waals surface area contributed by atoms with Crippen molar-refractivity contribution in [1.82, 2.24) is 9.97 Å². The SMILES string of the molecule is CC(C)Cc1ccc(C(O)CC(C)Cc2cccnc2)nc1. The van der Waals surface area contributed by atoms with Crippen molar-refractivity contribution in [2.45, 2.75) is 46.1 Å². The Balaban J connectivity index is 1.89. The molecule has 2 atom stereocenters. The van der Waals surface area contributed by atoms with E-state index in [1.807, 2.05) is 24.5 Å². The van der Waals surface area contributed by atoms with Crippen LogP contribution < -0.4 is 0 Å². The summed E-state index contributed by atoms with van der Waals surface area (Å²) >= 11 is 0. The minimum absolute atomic E-state index is 0.386. The second-order valence-corrected chi connectivity index (χ2v) is 6.61. The lowest BCUT2D eigenvalue weighted by Gasteiger charge is -2.16. The van der Waals surface area contributed by atoms with Crippen molar-refractivity contribution in [1.29, 1.82) is 0 Å². The van der Waals surface area contributed by atoms with Crippen LogP contribution >= 0.6 is 0 Å². The van der Waals surface area contributed by atoms with Gasteiger partial charge in [-0.15, -0.1) is 0 Å². The van der Waals surface area contributed by atoms with Crippen LogP contribution in [0.5, 0.6) is 0 Å². The van der Waals surface area contributed by atoms with Gasteiger partial charge in [0.15, 0.2) is 0 Å². The summed E-state index contributed by atoms with van der Waals surface area (Å²) in [7, 11) is 0. The van der Waals surface area contributed by atoms with E-state index in [0.29, 0.717) is 18.3 Å². The van der Waals surface area contributed by atoms with E-state index in [1.54, 1.807) is 6.20 Å². The molecule has 2 heterocycles. The number of pyridine rings is 2. The first kappa shape index (κ1) is 16.6. The lowest BCUT2D eigenvalue weighted by molar-refractivity contribution is 0.143. The molecule has 0 bridgehead atoms. The normalized spacial score (nSPS) is 14.0. The van der Waals surface area contributed by atoms with E-state index in [-0.39, 0.29) is 0 Å². The van der Waals surface area contributed by atoms with Gasteiger partial charge in [0.2, 0.25) is 0 Å². The number of aliphatic hydroxyl groups excluding tert-OH is 1. The Morgan fingerprint density at radius 2 is 1.77 bits per heavy atom. The summed E-state index contributed by atoms with van der Waals surface area (Å²) < 4.78 is 0. The molecule has 0 aliphatic rings. The minimum Gasteiger partial charge on any atom is -0.387 e. The van der Waals surface area contributed by atoms with Gasteiger partial charge in [-0.3, -0.25) is 9.97 Å². The summed E-state index contributed by atoms with van der Waals surface area (Å²) in [6, 6.07) is 8.07. The summed E-state index contributed by atoms with van der Waals surface area (Å²) in [5.41, 5.74) is 3.21. The third-order valence-corrected chi connectivity index (χ3v) is 3.77. The maximum atomic E-state index is 10.4. The molecule has 2 unspecified atom stereocenters. The number of hydrogen-bond donors (Lipinski definition) is 1. The van der Waals surface area contributed by atoms with Crippen LogP contribution in [-0.4, -0.2) is 15.1 Å². The third kappa shape index (κ3) is 5.23. The van der Waals surface area contributed by atoms with Crippen molar-refractivity contribution >= 4 is 0 Å². The standard InChI is InChI=1S/C19H26N2O/c1-14(2)9-17-6-7-18(21-13-17)19(22)11-15(3)10-16-5-4-8-20-12-16/h4-8,12-15,19,22H,9-11H2,1-3H3. The molecule has 0 aliphatic carbocycles. The van der Waals surface area contributed by atoms with E-state index in [1.165, 1.54) is 11.1 Å². The molecular formula is C19H26N2O. The Morgan fingerprint density at radius 3 is 2.36 bits per heavy atom. The molecule has 0 saturated heterocycles. The van der Waals surface area contributed by atoms with Gasteiger partial charge in [-0.05, 0) is 54.4 Å². The number of aromatic nitrogens is 2. The molecule has 0 aromatic carbocycles. The highest BCUT2D eigenvalue weighted by Gasteiger charge is 2.14. The maximum Gasteiger partial charge on any atom is 0.0962 e. The second-order valence-electron chi connectivity index (χ2n) is 6.61. The predicted octanol–water partition coefficient (Wildman–Crippen LogP) is 3.98. The summed E-state index contributed by atoms with van der Waals surface area (Å²) in [4.78, 5) is 8.56. The van der Waals surface area contributed by atoms with Gasteiger partial charge in [-0.1, -0.05) is 32.9 Å². The van der Waals surface area contributed by atoms with Gasteiger partial charge in [0, 0.05) is 18.6 Å². The molecule has 2 aromatic rings. The van der Waals surface area contributed by atoms with Gasteiger partial charge in [0.1, 0.15) is 0 Å². The lowest BCUT2D eigenvalue weighted by atomic mass is 9.94. The third-order valence-electron chi connectivity index (χ3n) is 3.77. The van der Waals surface area contributed by atoms with Gasteiger partial charge in [-0.25, -0.2) is 0 Å². The molecule has 2 aromatic heterocycles. The Morgan fingerprint density at radius 1 is 1.00 bits per heavy atom. The Hall–Kier alpha value is -1.74. The van der Waals surface area contributed by atoms with Crippen molar-refractivity contribution in [3.05, 3.63) is 59.7 Å². The number of hydrogen-bond acceptors (Lipinski definition) is 3. The Labute approximate surface area is 133 Å². The molecule has 118 valence electrons. The fraction of sp³-hybridized carbons (Fsp3) is 0.474. The molecule has 2 rings (SSSR count). The van der Waals surface area contributed by atoms with Gasteiger partial charge < -0.3 is 5.11 Å². The largest absolute Gasteiger partial charge is 0.387 e. The van der Waals surface area contributed by atoms with Crippen LogP contribution in [-0.2, 0) is 12.8 Å². The molecule has 0 fully saturated rings. The molecule has 0 spiro atoms. The molecule has 0 aliphatic heterocycles. The molecule has 0 radical (unpaired) electrons. The zero-order valence-electron chi connectivity index (χ0n) is 13.7. The van der Waals surface area contributed by atoms with Gasteiger partial charge in [0.25, 0.3) is 0 Å². The van der Waals surface area contributed by atoms with Crippen LogP contribution in [0.3, 0.4) is 0 Å². The first-order valence-corrected chi connectivity index (χ1v) is 8.06. The molecule has 3 heteroatoms. The maximum absolute atomic E-state index is 10.4. The topological polar surface area (TPSA) is 46.0 Å². The van der Waals surface area contributed by atoms with Gasteiger partial charge >= 0.3 is 0 Å². The van der Waals surface area contributed by atoms with E-state index >= 15 is 0 Å². The summed E-state index contributed by atoms with van der Waals surface area (Å²) in [5.74, 6) is 1.01. The van der Waals surface area contributed by atoms with E-state index in [4.69, 9.17) is 0 Å². The predicted molar refractivity (Wildman–Crippen MR) is 89.5 cm³/mol. The van der Waals surface area contributed by atoms with Crippen LogP contribution in [0, 0.1) is 11.8 Å². The highest BCUT2D eigenvalue weighted by molar-refractivity contribution is 5.16. The van der Waals surface area contributed by atoms with E-state index in [0.717, 1.165) is 18.5 Å². The van der Waals surface area contributed by atoms with Crippen molar-refractivity contribution in [3.8, 4) is 0 Å². The smallest absolute Gasteiger partial charge is 0.0962 e. The highest BCUT2D eigenvalue weighted by Crippen LogP contribution is 2.22. The number of aliphatic hydroxyl groups is 1. The molecule has 1 N–H and O–H groups in total.